The van der Waals surface area contributed by atoms with Crippen LogP contribution in [0.25, 0.3) is 65.3 Å². The van der Waals surface area contributed by atoms with E-state index in [2.05, 4.69) is 122 Å². The molecule has 1 aliphatic heterocycles. The van der Waals surface area contributed by atoms with Crippen LogP contribution in [-0.2, 0) is 0 Å². The first-order valence-electron chi connectivity index (χ1n) is 12.5. The standard InChI is InChI=1S/C34H24Si/c1-35(2)30-19-16-25(20-29(30)27-10-4-8-21-9-5-11-31(35)33(21)27)26-17-14-24-13-12-22-6-3-7-23-15-18-28(26)34(24)32(22)23/h3-20H,1-2H3. The number of rotatable bonds is 1. The summed E-state index contributed by atoms with van der Waals surface area (Å²) in [6.45, 7) is 5.01. The van der Waals surface area contributed by atoms with Gasteiger partial charge in [-0.2, -0.15) is 0 Å². The molecule has 0 fully saturated rings. The molecule has 0 N–H and O–H groups in total. The molecule has 7 aromatic carbocycles. The second kappa shape index (κ2) is 6.59. The van der Waals surface area contributed by atoms with Crippen molar-refractivity contribution in [3.63, 3.8) is 0 Å². The lowest BCUT2D eigenvalue weighted by Gasteiger charge is -2.33. The summed E-state index contributed by atoms with van der Waals surface area (Å²) in [6, 6.07) is 41.4. The molecule has 1 heteroatoms. The van der Waals surface area contributed by atoms with Crippen molar-refractivity contribution in [2.24, 2.45) is 0 Å². The van der Waals surface area contributed by atoms with Gasteiger partial charge in [0, 0.05) is 0 Å². The Morgan fingerprint density at radius 2 is 1.06 bits per heavy atom. The van der Waals surface area contributed by atoms with Crippen molar-refractivity contribution in [2.45, 2.75) is 13.1 Å². The maximum atomic E-state index is 2.51. The molecule has 0 unspecified atom stereocenters. The van der Waals surface area contributed by atoms with Gasteiger partial charge >= 0.3 is 0 Å². The van der Waals surface area contributed by atoms with Crippen LogP contribution >= 0.6 is 0 Å². The minimum absolute atomic E-state index is 1.31. The third-order valence-electron chi connectivity index (χ3n) is 8.40. The summed E-state index contributed by atoms with van der Waals surface area (Å²) in [5.41, 5.74) is 5.44. The largest absolute Gasteiger partial charge is 0.113 e. The normalized spacial score (nSPS) is 14.2. The third kappa shape index (κ3) is 2.46. The van der Waals surface area contributed by atoms with Crippen molar-refractivity contribution in [1.29, 1.82) is 0 Å². The van der Waals surface area contributed by atoms with Crippen molar-refractivity contribution in [2.75, 3.05) is 0 Å². The molecule has 7 aromatic rings. The van der Waals surface area contributed by atoms with Crippen molar-refractivity contribution in [3.05, 3.63) is 109 Å². The lowest BCUT2D eigenvalue weighted by Crippen LogP contribution is -2.55. The fourth-order valence-electron chi connectivity index (χ4n) is 6.70. The van der Waals surface area contributed by atoms with Crippen LogP contribution in [0.3, 0.4) is 0 Å². The Hall–Kier alpha value is -3.94. The highest BCUT2D eigenvalue weighted by Crippen LogP contribution is 2.41. The third-order valence-corrected chi connectivity index (χ3v) is 11.9. The number of fused-ring (bicyclic) bond motifs is 2. The molecule has 0 saturated carbocycles. The first-order chi connectivity index (χ1) is 17.1. The maximum Gasteiger partial charge on any atom is 0.113 e. The molecule has 1 aliphatic rings. The van der Waals surface area contributed by atoms with Crippen LogP contribution in [0.4, 0.5) is 0 Å². The van der Waals surface area contributed by atoms with Gasteiger partial charge in [0.25, 0.3) is 0 Å². The van der Waals surface area contributed by atoms with Crippen molar-refractivity contribution in [1.82, 2.24) is 0 Å². The molecule has 0 aliphatic carbocycles. The zero-order valence-electron chi connectivity index (χ0n) is 19.9. The van der Waals surface area contributed by atoms with Gasteiger partial charge < -0.3 is 0 Å². The molecule has 1 heterocycles. The zero-order chi connectivity index (χ0) is 23.3. The first kappa shape index (κ1) is 19.4. The Balaban J connectivity index is 1.45. The van der Waals surface area contributed by atoms with Gasteiger partial charge in [-0.15, -0.1) is 0 Å². The topological polar surface area (TPSA) is 0 Å². The Bertz CT molecular complexity index is 1950. The SMILES string of the molecule is C[Si]1(C)c2ccc(-c3ccc4ccc5cccc6ccc3c4c56)cc2-c2cccc3cccc1c23. The molecule has 0 atom stereocenters. The molecule has 164 valence electrons. The van der Waals surface area contributed by atoms with Crippen LogP contribution in [0.2, 0.25) is 13.1 Å². The molecule has 0 aromatic heterocycles. The second-order valence-corrected chi connectivity index (χ2v) is 14.9. The summed E-state index contributed by atoms with van der Waals surface area (Å²) in [6.07, 6.45) is 0. The molecule has 35 heavy (non-hydrogen) atoms. The van der Waals surface area contributed by atoms with E-state index in [4.69, 9.17) is 0 Å². The van der Waals surface area contributed by atoms with E-state index in [-0.39, 0.29) is 0 Å². The maximum absolute atomic E-state index is 2.51. The van der Waals surface area contributed by atoms with E-state index in [1.807, 2.05) is 0 Å². The van der Waals surface area contributed by atoms with E-state index in [0.29, 0.717) is 0 Å². The van der Waals surface area contributed by atoms with Gasteiger partial charge in [0.05, 0.1) is 0 Å². The molecular weight excluding hydrogens is 436 g/mol. The first-order valence-corrected chi connectivity index (χ1v) is 15.5. The van der Waals surface area contributed by atoms with Crippen LogP contribution in [-0.4, -0.2) is 8.07 Å². The van der Waals surface area contributed by atoms with E-state index in [1.54, 1.807) is 10.4 Å². The second-order valence-electron chi connectivity index (χ2n) is 10.6. The number of hydrogen-bond donors (Lipinski definition) is 0. The molecule has 0 amide bonds. The van der Waals surface area contributed by atoms with Gasteiger partial charge in [-0.3, -0.25) is 0 Å². The highest BCUT2D eigenvalue weighted by atomic mass is 28.3. The Morgan fingerprint density at radius 3 is 1.86 bits per heavy atom. The lowest BCUT2D eigenvalue weighted by atomic mass is 9.88. The lowest BCUT2D eigenvalue weighted by molar-refractivity contribution is 1.61. The van der Waals surface area contributed by atoms with E-state index < -0.39 is 8.07 Å². The summed E-state index contributed by atoms with van der Waals surface area (Å²) in [5, 5.41) is 14.0. The monoisotopic (exact) mass is 460 g/mol. The summed E-state index contributed by atoms with van der Waals surface area (Å²) in [7, 11) is -1.79. The van der Waals surface area contributed by atoms with Gasteiger partial charge in [-0.1, -0.05) is 116 Å². The Labute approximate surface area is 205 Å². The predicted molar refractivity (Wildman–Crippen MR) is 155 cm³/mol. The smallest absolute Gasteiger partial charge is 0.0619 e. The van der Waals surface area contributed by atoms with Crippen LogP contribution < -0.4 is 10.4 Å². The molecule has 0 bridgehead atoms. The van der Waals surface area contributed by atoms with Crippen molar-refractivity contribution < 1.29 is 0 Å². The van der Waals surface area contributed by atoms with E-state index in [9.17, 15) is 0 Å². The van der Waals surface area contributed by atoms with Gasteiger partial charge in [-0.05, 0) is 81.8 Å². The van der Waals surface area contributed by atoms with Crippen molar-refractivity contribution >= 4 is 61.5 Å². The molecule has 0 radical (unpaired) electrons. The average Bonchev–Trinajstić information content (AvgIpc) is 2.90. The molecule has 0 spiro atoms. The average molecular weight is 461 g/mol. The van der Waals surface area contributed by atoms with E-state index in [0.717, 1.165) is 0 Å². The Morgan fingerprint density at radius 1 is 0.429 bits per heavy atom. The molecular formula is C34H24Si. The van der Waals surface area contributed by atoms with Gasteiger partial charge in [0.1, 0.15) is 8.07 Å². The Kier molecular flexibility index (Phi) is 3.65. The highest BCUT2D eigenvalue weighted by Gasteiger charge is 2.35. The van der Waals surface area contributed by atoms with Gasteiger partial charge in [0.2, 0.25) is 0 Å². The fourth-order valence-corrected chi connectivity index (χ4v) is 9.79. The van der Waals surface area contributed by atoms with Crippen molar-refractivity contribution in [3.8, 4) is 22.3 Å². The molecule has 0 nitrogen and oxygen atoms in total. The predicted octanol–water partition coefficient (Wildman–Crippen LogP) is 8.21. The minimum Gasteiger partial charge on any atom is -0.0619 e. The summed E-state index contributed by atoms with van der Waals surface area (Å²) < 4.78 is 0. The minimum atomic E-state index is -1.79. The van der Waals surface area contributed by atoms with E-state index >= 15 is 0 Å². The van der Waals surface area contributed by atoms with Crippen LogP contribution in [0.5, 0.6) is 0 Å². The van der Waals surface area contributed by atoms with Gasteiger partial charge in [-0.25, -0.2) is 0 Å². The fraction of sp³-hybridized carbons (Fsp3) is 0.0588. The van der Waals surface area contributed by atoms with Crippen LogP contribution in [0, 0.1) is 0 Å². The number of hydrogen-bond acceptors (Lipinski definition) is 0. The van der Waals surface area contributed by atoms with Gasteiger partial charge in [0.15, 0.2) is 0 Å². The van der Waals surface area contributed by atoms with Crippen LogP contribution in [0.15, 0.2) is 109 Å². The molecule has 8 rings (SSSR count). The summed E-state index contributed by atoms with van der Waals surface area (Å²) >= 11 is 0. The summed E-state index contributed by atoms with van der Waals surface area (Å²) in [4.78, 5) is 0. The molecule has 0 saturated heterocycles. The summed E-state index contributed by atoms with van der Waals surface area (Å²) in [5.74, 6) is 0. The van der Waals surface area contributed by atoms with Crippen LogP contribution in [0.1, 0.15) is 0 Å². The highest BCUT2D eigenvalue weighted by molar-refractivity contribution is 7.03. The number of benzene rings is 7. The quantitative estimate of drug-likeness (QED) is 0.171. The zero-order valence-corrected chi connectivity index (χ0v) is 20.9. The van der Waals surface area contributed by atoms with E-state index in [1.165, 1.54) is 65.3 Å².